The highest BCUT2D eigenvalue weighted by Crippen LogP contribution is 2.74. The molecule has 150 valence electrons. The number of ether oxygens (including phenoxy) is 2. The second-order valence-electron chi connectivity index (χ2n) is 10.2. The molecule has 28 heavy (non-hydrogen) atoms. The summed E-state index contributed by atoms with van der Waals surface area (Å²) in [5, 5.41) is 9.86. The van der Waals surface area contributed by atoms with Gasteiger partial charge in [0.1, 0.15) is 23.2 Å². The van der Waals surface area contributed by atoms with Crippen molar-refractivity contribution in [2.75, 3.05) is 13.7 Å². The molecule has 4 aliphatic carbocycles. The van der Waals surface area contributed by atoms with Crippen molar-refractivity contribution in [1.82, 2.24) is 0 Å². The number of hydrogen-bond acceptors (Lipinski definition) is 5. The Hall–Kier alpha value is -1.51. The van der Waals surface area contributed by atoms with Crippen LogP contribution in [-0.4, -0.2) is 36.5 Å². The number of ketones is 2. The Labute approximate surface area is 166 Å². The summed E-state index contributed by atoms with van der Waals surface area (Å²) in [6.07, 6.45) is 7.34. The molecule has 1 aliphatic heterocycles. The number of allylic oxidation sites excluding steroid dienone is 2. The first-order valence-electron chi connectivity index (χ1n) is 10.6. The monoisotopic (exact) mass is 383 g/mol. The number of rotatable bonds is 2. The van der Waals surface area contributed by atoms with E-state index < -0.39 is 11.2 Å². The molecule has 0 amide bonds. The molecular weight excluding hydrogens is 354 g/mol. The Morgan fingerprint density at radius 2 is 2.11 bits per heavy atom. The van der Waals surface area contributed by atoms with E-state index in [1.807, 2.05) is 0 Å². The third-order valence-electron chi connectivity index (χ3n) is 9.24. The molecule has 0 aromatic carbocycles. The van der Waals surface area contributed by atoms with Gasteiger partial charge in [-0.2, -0.15) is 5.26 Å². The fourth-order valence-corrected chi connectivity index (χ4v) is 7.89. The molecule has 0 aromatic rings. The molecule has 0 N–H and O–H groups in total. The maximum absolute atomic E-state index is 13.6. The minimum Gasteiger partial charge on any atom is -0.380 e. The van der Waals surface area contributed by atoms with Crippen molar-refractivity contribution in [2.24, 2.45) is 28.6 Å². The summed E-state index contributed by atoms with van der Waals surface area (Å²) in [7, 11) is 1.60. The number of fused-ring (bicyclic) bond motifs is 6. The molecule has 7 atom stereocenters. The van der Waals surface area contributed by atoms with E-state index in [4.69, 9.17) is 9.47 Å². The molecule has 1 heterocycles. The zero-order chi connectivity index (χ0) is 19.9. The van der Waals surface area contributed by atoms with Crippen molar-refractivity contribution in [3.05, 3.63) is 11.6 Å². The fraction of sp³-hybridized carbons (Fsp3) is 0.783. The first kappa shape index (κ1) is 18.5. The fourth-order valence-electron chi connectivity index (χ4n) is 7.89. The van der Waals surface area contributed by atoms with Crippen LogP contribution in [0.2, 0.25) is 0 Å². The molecule has 5 heteroatoms. The Morgan fingerprint density at radius 3 is 2.82 bits per heavy atom. The number of nitriles is 1. The lowest BCUT2D eigenvalue weighted by Crippen LogP contribution is -2.57. The van der Waals surface area contributed by atoms with Gasteiger partial charge < -0.3 is 9.47 Å². The van der Waals surface area contributed by atoms with Crippen LogP contribution in [-0.2, 0) is 19.1 Å². The maximum Gasteiger partial charge on any atom is 0.207 e. The van der Waals surface area contributed by atoms with Crippen molar-refractivity contribution < 1.29 is 19.1 Å². The zero-order valence-corrected chi connectivity index (χ0v) is 17.0. The first-order valence-corrected chi connectivity index (χ1v) is 10.6. The number of methoxy groups -OCH3 is 1. The molecule has 0 aromatic heterocycles. The van der Waals surface area contributed by atoms with Crippen LogP contribution in [0.1, 0.15) is 58.8 Å². The molecule has 5 aliphatic rings. The quantitative estimate of drug-likeness (QED) is 0.539. The van der Waals surface area contributed by atoms with Gasteiger partial charge in [0.2, 0.25) is 5.60 Å². The molecular formula is C23H29NO4. The van der Waals surface area contributed by atoms with Crippen LogP contribution >= 0.6 is 0 Å². The van der Waals surface area contributed by atoms with Gasteiger partial charge >= 0.3 is 0 Å². The number of hydrogen-bond donors (Lipinski definition) is 0. The molecule has 1 spiro atoms. The summed E-state index contributed by atoms with van der Waals surface area (Å²) in [4.78, 5) is 25.6. The second-order valence-corrected chi connectivity index (χ2v) is 10.2. The standard InChI is InChI=1S/C23H29NO4/c1-20-8-6-15(25)10-14(20)4-5-16-17-7-9-23(22(12-24,28-23)13-27-3)21(17,2)11-18(26)19(16)20/h4,16-17,19H,5-11,13H2,1-3H3/t16-,17-,19+,20-,21-,22?,23+/m0/s1. The topological polar surface area (TPSA) is 79.7 Å². The van der Waals surface area contributed by atoms with Gasteiger partial charge in [-0.05, 0) is 42.9 Å². The Morgan fingerprint density at radius 1 is 1.32 bits per heavy atom. The summed E-state index contributed by atoms with van der Waals surface area (Å²) < 4.78 is 11.5. The normalized spacial score (nSPS) is 51.8. The average Bonchev–Trinajstić information content (AvgIpc) is 3.21. The minimum atomic E-state index is -0.908. The van der Waals surface area contributed by atoms with E-state index in [-0.39, 0.29) is 29.3 Å². The van der Waals surface area contributed by atoms with Gasteiger partial charge in [-0.3, -0.25) is 9.59 Å². The number of epoxide rings is 1. The number of carbonyl (C=O) groups excluding carboxylic acids is 2. The van der Waals surface area contributed by atoms with Crippen molar-refractivity contribution in [3.8, 4) is 6.07 Å². The molecule has 4 fully saturated rings. The summed E-state index contributed by atoms with van der Waals surface area (Å²) in [6.45, 7) is 4.66. The lowest BCUT2D eigenvalue weighted by atomic mass is 9.46. The highest BCUT2D eigenvalue weighted by Gasteiger charge is 2.83. The predicted octanol–water partition coefficient (Wildman–Crippen LogP) is 3.38. The smallest absolute Gasteiger partial charge is 0.207 e. The highest BCUT2D eigenvalue weighted by molar-refractivity contribution is 5.88. The molecule has 3 saturated carbocycles. The minimum absolute atomic E-state index is 0.00601. The summed E-state index contributed by atoms with van der Waals surface area (Å²) in [5.74, 6) is 1.28. The molecule has 0 bridgehead atoms. The molecule has 1 unspecified atom stereocenters. The number of Topliss-reactive ketones (excluding diaryl/α,β-unsaturated/α-hetero) is 2. The van der Waals surface area contributed by atoms with Crippen molar-refractivity contribution in [2.45, 2.75) is 70.0 Å². The van der Waals surface area contributed by atoms with E-state index in [0.717, 1.165) is 25.7 Å². The Kier molecular flexibility index (Phi) is 3.67. The average molecular weight is 383 g/mol. The van der Waals surface area contributed by atoms with Gasteiger partial charge in [0.25, 0.3) is 0 Å². The van der Waals surface area contributed by atoms with Crippen molar-refractivity contribution >= 4 is 11.6 Å². The van der Waals surface area contributed by atoms with Crippen molar-refractivity contribution in [1.29, 1.82) is 5.26 Å². The summed E-state index contributed by atoms with van der Waals surface area (Å²) in [6, 6.07) is 2.38. The van der Waals surface area contributed by atoms with Gasteiger partial charge in [-0.15, -0.1) is 0 Å². The van der Waals surface area contributed by atoms with Crippen LogP contribution in [0.15, 0.2) is 11.6 Å². The lowest BCUT2D eigenvalue weighted by molar-refractivity contribution is -0.146. The van der Waals surface area contributed by atoms with Gasteiger partial charge in [-0.1, -0.05) is 25.5 Å². The van der Waals surface area contributed by atoms with Crippen molar-refractivity contribution in [3.63, 3.8) is 0 Å². The van der Waals surface area contributed by atoms with E-state index in [2.05, 4.69) is 26.0 Å². The zero-order valence-electron chi connectivity index (χ0n) is 17.0. The van der Waals surface area contributed by atoms with Crippen LogP contribution in [0.25, 0.3) is 0 Å². The molecule has 1 saturated heterocycles. The Bertz CT molecular complexity index is 842. The van der Waals surface area contributed by atoms with Crippen LogP contribution in [0.5, 0.6) is 0 Å². The Balaban J connectivity index is 1.53. The largest absolute Gasteiger partial charge is 0.380 e. The van der Waals surface area contributed by atoms with Crippen LogP contribution in [0.3, 0.4) is 0 Å². The number of nitrogens with zero attached hydrogens (tertiary/aromatic N) is 1. The van der Waals surface area contributed by atoms with E-state index in [0.29, 0.717) is 36.7 Å². The summed E-state index contributed by atoms with van der Waals surface area (Å²) in [5.41, 5.74) is -0.749. The lowest BCUT2D eigenvalue weighted by Gasteiger charge is -2.56. The predicted molar refractivity (Wildman–Crippen MR) is 101 cm³/mol. The highest BCUT2D eigenvalue weighted by atomic mass is 16.7. The first-order chi connectivity index (χ1) is 13.3. The summed E-state index contributed by atoms with van der Waals surface area (Å²) >= 11 is 0. The third-order valence-corrected chi connectivity index (χ3v) is 9.24. The molecule has 5 rings (SSSR count). The van der Waals surface area contributed by atoms with Crippen LogP contribution < -0.4 is 0 Å². The number of carbonyl (C=O) groups is 2. The van der Waals surface area contributed by atoms with E-state index in [9.17, 15) is 14.9 Å². The second kappa shape index (κ2) is 5.55. The van der Waals surface area contributed by atoms with Gasteiger partial charge in [-0.25, -0.2) is 0 Å². The molecule has 5 nitrogen and oxygen atoms in total. The van der Waals surface area contributed by atoms with Crippen LogP contribution in [0, 0.1) is 39.9 Å². The van der Waals surface area contributed by atoms with E-state index >= 15 is 0 Å². The van der Waals surface area contributed by atoms with Crippen LogP contribution in [0.4, 0.5) is 0 Å². The third kappa shape index (κ3) is 1.94. The van der Waals surface area contributed by atoms with Gasteiger partial charge in [0, 0.05) is 37.7 Å². The van der Waals surface area contributed by atoms with Gasteiger partial charge in [0.05, 0.1) is 6.61 Å². The van der Waals surface area contributed by atoms with E-state index in [1.165, 1.54) is 5.57 Å². The SMILES string of the molecule is COCC1(C#N)O[C@@]12CC[C@H]1[C@@H]3CC=C4CC(=O)CC[C@]4(C)[C@H]3C(=O)C[C@@]12C. The van der Waals surface area contributed by atoms with Gasteiger partial charge in [0.15, 0.2) is 0 Å². The molecule has 0 radical (unpaired) electrons. The van der Waals surface area contributed by atoms with E-state index in [1.54, 1.807) is 7.11 Å². The maximum atomic E-state index is 13.6.